The Morgan fingerprint density at radius 2 is 1.07 bits per heavy atom. The predicted octanol–water partition coefficient (Wildman–Crippen LogP) is 8.09. The molecule has 0 bridgehead atoms. The molecule has 0 saturated heterocycles. The highest BCUT2D eigenvalue weighted by Gasteiger charge is 2.25. The van der Waals surface area contributed by atoms with Crippen LogP contribution in [0.25, 0.3) is 0 Å². The smallest absolute Gasteiger partial charge is 0.101 e. The molecule has 0 amide bonds. The van der Waals surface area contributed by atoms with E-state index in [1.807, 2.05) is 0 Å². The molecule has 2 nitrogen and oxygen atoms in total. The molecular weight excluding hydrogens is 328 g/mol. The van der Waals surface area contributed by atoms with Crippen molar-refractivity contribution in [3.8, 4) is 0 Å². The first kappa shape index (κ1) is 24.4. The van der Waals surface area contributed by atoms with Crippen LogP contribution in [0, 0.1) is 0 Å². The van der Waals surface area contributed by atoms with Gasteiger partial charge in [-0.15, -0.1) is 0 Å². The topological polar surface area (TPSA) is 6.48 Å². The highest BCUT2D eigenvalue weighted by Crippen LogP contribution is 2.22. The van der Waals surface area contributed by atoms with Gasteiger partial charge in [0.15, 0.2) is 0 Å². The third kappa shape index (κ3) is 11.1. The van der Waals surface area contributed by atoms with Crippen molar-refractivity contribution in [3.05, 3.63) is 12.4 Å². The normalized spacial score (nSPS) is 16.9. The summed E-state index contributed by atoms with van der Waals surface area (Å²) in [6, 6.07) is 0.609. The summed E-state index contributed by atoms with van der Waals surface area (Å²) in [5.74, 6) is 0. The van der Waals surface area contributed by atoms with Gasteiger partial charge in [0.25, 0.3) is 0 Å². The van der Waals surface area contributed by atoms with Gasteiger partial charge in [-0.25, -0.2) is 0 Å². The summed E-state index contributed by atoms with van der Waals surface area (Å²) >= 11 is 0. The van der Waals surface area contributed by atoms with Crippen molar-refractivity contribution in [1.29, 1.82) is 0 Å². The van der Waals surface area contributed by atoms with Gasteiger partial charge in [-0.1, -0.05) is 104 Å². The molecule has 0 radical (unpaired) electrons. The average molecular weight is 379 g/mol. The van der Waals surface area contributed by atoms with Gasteiger partial charge < -0.3 is 9.80 Å². The minimum absolute atomic E-state index is 0.594. The molecule has 0 spiro atoms. The van der Waals surface area contributed by atoms with Crippen LogP contribution in [-0.2, 0) is 0 Å². The van der Waals surface area contributed by atoms with Crippen molar-refractivity contribution in [1.82, 2.24) is 9.80 Å². The summed E-state index contributed by atoms with van der Waals surface area (Å²) in [7, 11) is 0. The molecule has 1 rings (SSSR count). The standard InChI is InChI=1S/C25H50N2/c1-5-7-8-9-10-11-12-13-14-15-16-17-18-19-20-21-26-22-23-27(24(3)4)25(26)6-2/h22-25H,5-21H2,1-4H3. The first-order valence-corrected chi connectivity index (χ1v) is 12.4. The molecule has 1 aliphatic heterocycles. The molecule has 27 heavy (non-hydrogen) atoms. The third-order valence-electron chi connectivity index (χ3n) is 6.14. The third-order valence-corrected chi connectivity index (χ3v) is 6.14. The average Bonchev–Trinajstić information content (AvgIpc) is 3.08. The van der Waals surface area contributed by atoms with E-state index in [1.54, 1.807) is 0 Å². The van der Waals surface area contributed by atoms with Crippen LogP contribution in [-0.4, -0.2) is 28.6 Å². The largest absolute Gasteiger partial charge is 0.356 e. The van der Waals surface area contributed by atoms with Crippen LogP contribution in [0.5, 0.6) is 0 Å². The van der Waals surface area contributed by atoms with Gasteiger partial charge in [-0.2, -0.15) is 0 Å². The maximum Gasteiger partial charge on any atom is 0.101 e. The molecule has 1 unspecified atom stereocenters. The molecule has 1 atom stereocenters. The maximum atomic E-state index is 2.56. The van der Waals surface area contributed by atoms with Crippen LogP contribution in [0.2, 0.25) is 0 Å². The van der Waals surface area contributed by atoms with Crippen molar-refractivity contribution in [2.45, 2.75) is 143 Å². The minimum Gasteiger partial charge on any atom is -0.356 e. The molecule has 0 aromatic heterocycles. The summed E-state index contributed by atoms with van der Waals surface area (Å²) in [5, 5.41) is 0. The lowest BCUT2D eigenvalue weighted by molar-refractivity contribution is 0.121. The molecule has 2 heteroatoms. The Bertz CT molecular complexity index is 350. The summed E-state index contributed by atoms with van der Waals surface area (Å²) in [5.41, 5.74) is 0. The van der Waals surface area contributed by atoms with Crippen LogP contribution >= 0.6 is 0 Å². The maximum absolute atomic E-state index is 2.56. The summed E-state index contributed by atoms with van der Waals surface area (Å²) in [6.07, 6.45) is 28.1. The van der Waals surface area contributed by atoms with Crippen molar-refractivity contribution in [2.75, 3.05) is 6.54 Å². The molecule has 0 aliphatic carbocycles. The zero-order chi connectivity index (χ0) is 19.7. The van der Waals surface area contributed by atoms with E-state index in [2.05, 4.69) is 49.9 Å². The molecule has 0 N–H and O–H groups in total. The molecule has 0 fully saturated rings. The molecular formula is C25H50N2. The number of rotatable bonds is 18. The molecule has 0 aromatic carbocycles. The molecule has 1 heterocycles. The van der Waals surface area contributed by atoms with Gasteiger partial charge in [0.1, 0.15) is 6.17 Å². The second kappa shape index (κ2) is 16.3. The second-order valence-corrected chi connectivity index (χ2v) is 8.92. The van der Waals surface area contributed by atoms with E-state index in [1.165, 1.54) is 109 Å². The molecule has 0 saturated carbocycles. The van der Waals surface area contributed by atoms with Crippen molar-refractivity contribution in [3.63, 3.8) is 0 Å². The SMILES string of the molecule is CCCCCCCCCCCCCCCCCN1C=CN(C(C)C)C1CC. The van der Waals surface area contributed by atoms with Crippen molar-refractivity contribution in [2.24, 2.45) is 0 Å². The van der Waals surface area contributed by atoms with E-state index in [4.69, 9.17) is 0 Å². The Hall–Kier alpha value is -0.660. The van der Waals surface area contributed by atoms with Crippen LogP contribution in [0.4, 0.5) is 0 Å². The molecule has 160 valence electrons. The van der Waals surface area contributed by atoms with Crippen molar-refractivity contribution < 1.29 is 0 Å². The fourth-order valence-electron chi connectivity index (χ4n) is 4.38. The Balaban J connectivity index is 1.85. The van der Waals surface area contributed by atoms with Gasteiger partial charge in [-0.3, -0.25) is 0 Å². The molecule has 0 aromatic rings. The number of hydrogen-bond acceptors (Lipinski definition) is 2. The lowest BCUT2D eigenvalue weighted by Crippen LogP contribution is -2.41. The second-order valence-electron chi connectivity index (χ2n) is 8.92. The van der Waals surface area contributed by atoms with E-state index in [9.17, 15) is 0 Å². The van der Waals surface area contributed by atoms with Gasteiger partial charge in [0.05, 0.1) is 0 Å². The number of hydrogen-bond donors (Lipinski definition) is 0. The van der Waals surface area contributed by atoms with E-state index in [-0.39, 0.29) is 0 Å². The Labute approximate surface area is 171 Å². The molecule has 1 aliphatic rings. The van der Waals surface area contributed by atoms with E-state index >= 15 is 0 Å². The van der Waals surface area contributed by atoms with Gasteiger partial charge >= 0.3 is 0 Å². The minimum atomic E-state index is 0.594. The van der Waals surface area contributed by atoms with E-state index in [0.717, 1.165) is 0 Å². The van der Waals surface area contributed by atoms with Crippen molar-refractivity contribution >= 4 is 0 Å². The van der Waals surface area contributed by atoms with E-state index < -0.39 is 0 Å². The summed E-state index contributed by atoms with van der Waals surface area (Å²) in [6.45, 7) is 10.4. The Morgan fingerprint density at radius 1 is 0.630 bits per heavy atom. The highest BCUT2D eigenvalue weighted by atomic mass is 15.4. The van der Waals surface area contributed by atoms with Gasteiger partial charge in [-0.05, 0) is 26.7 Å². The fraction of sp³-hybridized carbons (Fsp3) is 0.920. The highest BCUT2D eigenvalue weighted by molar-refractivity contribution is 4.97. The summed E-state index contributed by atoms with van der Waals surface area (Å²) in [4.78, 5) is 5.06. The van der Waals surface area contributed by atoms with Crippen LogP contribution < -0.4 is 0 Å². The lowest BCUT2D eigenvalue weighted by atomic mass is 10.0. The van der Waals surface area contributed by atoms with E-state index in [0.29, 0.717) is 12.2 Å². The Kier molecular flexibility index (Phi) is 14.7. The number of nitrogens with zero attached hydrogens (tertiary/aromatic N) is 2. The van der Waals surface area contributed by atoms with Gasteiger partial charge in [0.2, 0.25) is 0 Å². The van der Waals surface area contributed by atoms with Crippen LogP contribution in [0.1, 0.15) is 130 Å². The summed E-state index contributed by atoms with van der Waals surface area (Å²) < 4.78 is 0. The quantitative estimate of drug-likeness (QED) is 0.222. The van der Waals surface area contributed by atoms with Crippen LogP contribution in [0.3, 0.4) is 0 Å². The zero-order valence-corrected chi connectivity index (χ0v) is 19.2. The lowest BCUT2D eigenvalue weighted by Gasteiger charge is -2.34. The monoisotopic (exact) mass is 378 g/mol. The number of unbranched alkanes of at least 4 members (excludes halogenated alkanes) is 14. The zero-order valence-electron chi connectivity index (χ0n) is 19.2. The van der Waals surface area contributed by atoms with Gasteiger partial charge in [0, 0.05) is 25.0 Å². The van der Waals surface area contributed by atoms with Crippen LogP contribution in [0.15, 0.2) is 12.4 Å². The first-order valence-electron chi connectivity index (χ1n) is 12.4. The predicted molar refractivity (Wildman–Crippen MR) is 122 cm³/mol. The Morgan fingerprint density at radius 3 is 1.48 bits per heavy atom. The first-order chi connectivity index (χ1) is 13.2. The fourth-order valence-corrected chi connectivity index (χ4v) is 4.38.